The van der Waals surface area contributed by atoms with Gasteiger partial charge in [-0.25, -0.2) is 0 Å². The number of aliphatic hydroxyl groups is 1. The molecule has 1 saturated heterocycles. The molecule has 1 aliphatic carbocycles. The van der Waals surface area contributed by atoms with Crippen molar-refractivity contribution in [3.05, 3.63) is 0 Å². The number of nitrogens with zero attached hydrogens (tertiary/aromatic N) is 1. The molecule has 1 saturated carbocycles. The van der Waals surface area contributed by atoms with E-state index in [4.69, 9.17) is 5.11 Å². The molecule has 1 heterocycles. The summed E-state index contributed by atoms with van der Waals surface area (Å²) in [6.07, 6.45) is 2.62. The summed E-state index contributed by atoms with van der Waals surface area (Å²) in [5, 5.41) is 9.16. The molecular formula is C8H13NO2. The lowest BCUT2D eigenvalue weighted by molar-refractivity contribution is -0.131. The van der Waals surface area contributed by atoms with Crippen molar-refractivity contribution >= 4 is 5.91 Å². The summed E-state index contributed by atoms with van der Waals surface area (Å²) in [4.78, 5) is 13.2. The van der Waals surface area contributed by atoms with E-state index in [1.807, 2.05) is 0 Å². The van der Waals surface area contributed by atoms with Crippen LogP contribution in [0.1, 0.15) is 19.3 Å². The predicted molar refractivity (Wildman–Crippen MR) is 39.9 cm³/mol. The third kappa shape index (κ3) is 1.38. The number of carbonyl (C=O) groups is 1. The van der Waals surface area contributed by atoms with Gasteiger partial charge in [0.05, 0.1) is 6.10 Å². The summed E-state index contributed by atoms with van der Waals surface area (Å²) in [6, 6.07) is 0. The van der Waals surface area contributed by atoms with E-state index >= 15 is 0 Å². The maximum atomic E-state index is 11.4. The molecule has 0 aromatic carbocycles. The van der Waals surface area contributed by atoms with Crippen LogP contribution in [0.15, 0.2) is 0 Å². The van der Waals surface area contributed by atoms with Gasteiger partial charge in [0.25, 0.3) is 0 Å². The van der Waals surface area contributed by atoms with Crippen molar-refractivity contribution < 1.29 is 9.90 Å². The van der Waals surface area contributed by atoms with Crippen LogP contribution in [0.2, 0.25) is 0 Å². The van der Waals surface area contributed by atoms with E-state index in [0.717, 1.165) is 25.8 Å². The van der Waals surface area contributed by atoms with E-state index in [1.165, 1.54) is 0 Å². The monoisotopic (exact) mass is 155 g/mol. The standard InChI is InChI=1S/C8H13NO2/c10-7-3-4-9(5-7)8(11)6-1-2-6/h6-7,10H,1-5H2/t7-/m0/s1. The molecule has 0 bridgehead atoms. The Morgan fingerprint density at radius 3 is 2.55 bits per heavy atom. The van der Waals surface area contributed by atoms with E-state index in [-0.39, 0.29) is 12.0 Å². The Morgan fingerprint density at radius 1 is 1.36 bits per heavy atom. The van der Waals surface area contributed by atoms with E-state index in [0.29, 0.717) is 12.5 Å². The van der Waals surface area contributed by atoms with Crippen LogP contribution >= 0.6 is 0 Å². The molecule has 0 aromatic rings. The quantitative estimate of drug-likeness (QED) is 0.578. The minimum Gasteiger partial charge on any atom is -0.391 e. The normalized spacial score (nSPS) is 31.0. The van der Waals surface area contributed by atoms with Gasteiger partial charge in [0.2, 0.25) is 5.91 Å². The van der Waals surface area contributed by atoms with Gasteiger partial charge in [-0.2, -0.15) is 0 Å². The average molecular weight is 155 g/mol. The molecule has 0 aromatic heterocycles. The minimum absolute atomic E-state index is 0.265. The fourth-order valence-corrected chi connectivity index (χ4v) is 1.53. The minimum atomic E-state index is -0.266. The molecule has 1 atom stereocenters. The van der Waals surface area contributed by atoms with Gasteiger partial charge in [0.15, 0.2) is 0 Å². The Kier molecular flexibility index (Phi) is 1.60. The van der Waals surface area contributed by atoms with Gasteiger partial charge in [0, 0.05) is 19.0 Å². The van der Waals surface area contributed by atoms with Gasteiger partial charge in [-0.15, -0.1) is 0 Å². The van der Waals surface area contributed by atoms with Crippen LogP contribution < -0.4 is 0 Å². The van der Waals surface area contributed by atoms with E-state index < -0.39 is 0 Å². The maximum absolute atomic E-state index is 11.4. The largest absolute Gasteiger partial charge is 0.391 e. The molecule has 2 aliphatic rings. The number of rotatable bonds is 1. The molecular weight excluding hydrogens is 142 g/mol. The summed E-state index contributed by atoms with van der Waals surface area (Å²) >= 11 is 0. The Labute approximate surface area is 66.0 Å². The Balaban J connectivity index is 1.89. The Bertz CT molecular complexity index is 177. The fraction of sp³-hybridized carbons (Fsp3) is 0.875. The summed E-state index contributed by atoms with van der Waals surface area (Å²) in [7, 11) is 0. The number of likely N-dealkylation sites (tertiary alicyclic amines) is 1. The third-order valence-corrected chi connectivity index (χ3v) is 2.40. The number of amides is 1. The summed E-state index contributed by atoms with van der Waals surface area (Å²) in [5.74, 6) is 0.571. The van der Waals surface area contributed by atoms with Crippen LogP contribution in [0.3, 0.4) is 0 Å². The topological polar surface area (TPSA) is 40.5 Å². The summed E-state index contributed by atoms with van der Waals surface area (Å²) in [6.45, 7) is 1.33. The van der Waals surface area contributed by atoms with Gasteiger partial charge in [-0.3, -0.25) is 4.79 Å². The van der Waals surface area contributed by atoms with Crippen molar-refractivity contribution in [1.82, 2.24) is 4.90 Å². The molecule has 2 fully saturated rings. The zero-order valence-electron chi connectivity index (χ0n) is 6.49. The van der Waals surface area contributed by atoms with E-state index in [1.54, 1.807) is 4.90 Å². The first-order chi connectivity index (χ1) is 5.27. The number of aliphatic hydroxyl groups excluding tert-OH is 1. The van der Waals surface area contributed by atoms with E-state index in [9.17, 15) is 4.79 Å². The Hall–Kier alpha value is -0.570. The maximum Gasteiger partial charge on any atom is 0.225 e. The molecule has 0 spiro atoms. The highest BCUT2D eigenvalue weighted by Crippen LogP contribution is 2.31. The van der Waals surface area contributed by atoms with Gasteiger partial charge in [-0.05, 0) is 19.3 Å². The highest BCUT2D eigenvalue weighted by Gasteiger charge is 2.35. The van der Waals surface area contributed by atoms with Crippen molar-refractivity contribution in [3.63, 3.8) is 0 Å². The van der Waals surface area contributed by atoms with Gasteiger partial charge < -0.3 is 10.0 Å². The molecule has 3 nitrogen and oxygen atoms in total. The lowest BCUT2D eigenvalue weighted by Gasteiger charge is -2.14. The van der Waals surface area contributed by atoms with Gasteiger partial charge in [0.1, 0.15) is 0 Å². The first kappa shape index (κ1) is 7.10. The second-order valence-electron chi connectivity index (χ2n) is 3.50. The number of carbonyl (C=O) groups excluding carboxylic acids is 1. The van der Waals surface area contributed by atoms with Gasteiger partial charge in [-0.1, -0.05) is 0 Å². The van der Waals surface area contributed by atoms with Crippen molar-refractivity contribution in [2.24, 2.45) is 5.92 Å². The smallest absolute Gasteiger partial charge is 0.225 e. The third-order valence-electron chi connectivity index (χ3n) is 2.40. The van der Waals surface area contributed by atoms with Crippen LogP contribution in [0.25, 0.3) is 0 Å². The van der Waals surface area contributed by atoms with Crippen LogP contribution in [-0.2, 0) is 4.79 Å². The predicted octanol–water partition coefficient (Wildman–Crippen LogP) is -0.0104. The molecule has 1 aliphatic heterocycles. The van der Waals surface area contributed by atoms with Crippen molar-refractivity contribution in [3.8, 4) is 0 Å². The average Bonchev–Trinajstić information content (AvgIpc) is 2.74. The van der Waals surface area contributed by atoms with Crippen molar-refractivity contribution in [1.29, 1.82) is 0 Å². The summed E-state index contributed by atoms with van der Waals surface area (Å²) < 4.78 is 0. The van der Waals surface area contributed by atoms with Crippen LogP contribution in [-0.4, -0.2) is 35.1 Å². The Morgan fingerprint density at radius 2 is 2.09 bits per heavy atom. The van der Waals surface area contributed by atoms with Crippen LogP contribution in [0.4, 0.5) is 0 Å². The first-order valence-electron chi connectivity index (χ1n) is 4.24. The highest BCUT2D eigenvalue weighted by molar-refractivity contribution is 5.81. The molecule has 1 N–H and O–H groups in total. The first-order valence-corrected chi connectivity index (χ1v) is 4.24. The molecule has 62 valence electrons. The van der Waals surface area contributed by atoms with Crippen LogP contribution in [0, 0.1) is 5.92 Å². The number of β-amino-alcohol motifs (C(OH)–C–C–N with tert-alkyl or cyclic N) is 1. The fourth-order valence-electron chi connectivity index (χ4n) is 1.53. The van der Waals surface area contributed by atoms with Gasteiger partial charge >= 0.3 is 0 Å². The molecule has 3 heteroatoms. The molecule has 11 heavy (non-hydrogen) atoms. The lowest BCUT2D eigenvalue weighted by atomic mass is 10.3. The van der Waals surface area contributed by atoms with E-state index in [2.05, 4.69) is 0 Å². The van der Waals surface area contributed by atoms with Crippen molar-refractivity contribution in [2.45, 2.75) is 25.4 Å². The zero-order chi connectivity index (χ0) is 7.84. The number of hydrogen-bond acceptors (Lipinski definition) is 2. The second kappa shape index (κ2) is 2.48. The molecule has 0 unspecified atom stereocenters. The summed E-state index contributed by atoms with van der Waals surface area (Å²) in [5.41, 5.74) is 0. The second-order valence-corrected chi connectivity index (χ2v) is 3.50. The number of hydrogen-bond donors (Lipinski definition) is 1. The highest BCUT2D eigenvalue weighted by atomic mass is 16.3. The molecule has 1 amide bonds. The SMILES string of the molecule is O=C(C1CC1)N1CC[C@H](O)C1. The molecule has 2 rings (SSSR count). The van der Waals surface area contributed by atoms with Crippen molar-refractivity contribution in [2.75, 3.05) is 13.1 Å². The lowest BCUT2D eigenvalue weighted by Crippen LogP contribution is -2.30. The van der Waals surface area contributed by atoms with Crippen LogP contribution in [0.5, 0.6) is 0 Å². The molecule has 0 radical (unpaired) electrons. The zero-order valence-corrected chi connectivity index (χ0v) is 6.49.